The number of phosphoric acid groups is 4. The number of phosphoric ester groups is 4. The highest BCUT2D eigenvalue weighted by Gasteiger charge is 2.30. The zero-order valence-corrected chi connectivity index (χ0v) is 59.5. The van der Waals surface area contributed by atoms with Gasteiger partial charge in [-0.05, 0) is 135 Å². The first-order valence-corrected chi connectivity index (χ1v) is 36.5. The monoisotopic (exact) mass is 1330 g/mol. The highest BCUT2D eigenvalue weighted by Crippen LogP contribution is 2.41. The molecule has 8 N–H and O–H groups in total. The van der Waals surface area contributed by atoms with Crippen LogP contribution < -0.4 is 18.9 Å². The second kappa shape index (κ2) is 38.6. The predicted molar refractivity (Wildman–Crippen MR) is 353 cm³/mol. The lowest BCUT2D eigenvalue weighted by atomic mass is 9.72. The van der Waals surface area contributed by atoms with E-state index >= 15 is 0 Å². The third kappa shape index (κ3) is 44.7. The number of rotatable bonds is 34. The Morgan fingerprint density at radius 2 is 0.517 bits per heavy atom. The molecule has 0 atom stereocenters. The van der Waals surface area contributed by atoms with Crippen LogP contribution in [-0.2, 0) is 59.0 Å². The molecule has 0 bridgehead atoms. The van der Waals surface area contributed by atoms with E-state index in [0.717, 1.165) is 25.7 Å². The van der Waals surface area contributed by atoms with Crippen LogP contribution >= 0.6 is 31.3 Å². The van der Waals surface area contributed by atoms with Gasteiger partial charge < -0.3 is 58.1 Å². The molecule has 20 nitrogen and oxygen atoms in total. The Balaban J connectivity index is 0.000000593. The second-order valence-electron chi connectivity index (χ2n) is 27.6. The molecule has 0 heterocycles. The standard InChI is InChI=1S/C17H29O5P.3C16H27O5P/c1-2-3-4-5-6-7-8-9-16-10-12-17(13-11-16)21-14-15-22-23(18,19)20;3*1-15(2,3)12-16(4,5)13-6-8-14(9-7-13)20-10-11-21-22(17,18)19/h10-13H,2-9,14-15H2,1H3,(H2,18,19,20);3*6-9H,10-12H2,1-5H3,(H2,17,18,19). The highest BCUT2D eigenvalue weighted by molar-refractivity contribution is 7.47. The fourth-order valence-electron chi connectivity index (χ4n) is 10.6. The van der Waals surface area contributed by atoms with E-state index in [1.807, 2.05) is 97.1 Å². The van der Waals surface area contributed by atoms with Gasteiger partial charge in [0.25, 0.3) is 0 Å². The van der Waals surface area contributed by atoms with Crippen LogP contribution in [0, 0.1) is 16.2 Å². The van der Waals surface area contributed by atoms with Crippen LogP contribution in [0.5, 0.6) is 23.0 Å². The zero-order chi connectivity index (χ0) is 68.0. The first-order chi connectivity index (χ1) is 40.7. The molecule has 4 rings (SSSR count). The Morgan fingerprint density at radius 3 is 0.730 bits per heavy atom. The summed E-state index contributed by atoms with van der Waals surface area (Å²) in [6.45, 7) is 35.4. The van der Waals surface area contributed by atoms with E-state index in [-0.39, 0.29) is 85.3 Å². The molecule has 0 aromatic heterocycles. The van der Waals surface area contributed by atoms with Crippen molar-refractivity contribution in [2.24, 2.45) is 16.2 Å². The fourth-order valence-corrected chi connectivity index (χ4v) is 11.8. The Morgan fingerprint density at radius 1 is 0.303 bits per heavy atom. The molecule has 0 spiro atoms. The molecule has 0 aliphatic carbocycles. The van der Waals surface area contributed by atoms with E-state index in [1.54, 1.807) is 0 Å². The third-order valence-electron chi connectivity index (χ3n) is 13.3. The maximum Gasteiger partial charge on any atom is 0.469 e. The molecule has 24 heteroatoms. The van der Waals surface area contributed by atoms with Crippen LogP contribution in [0.2, 0.25) is 0 Å². The quantitative estimate of drug-likeness (QED) is 0.0159. The van der Waals surface area contributed by atoms with Gasteiger partial charge in [0.05, 0.1) is 26.4 Å². The molecule has 4 aromatic carbocycles. The number of aryl methyl sites for hydroxylation is 1. The largest absolute Gasteiger partial charge is 0.491 e. The molecule has 0 amide bonds. The summed E-state index contributed by atoms with van der Waals surface area (Å²) in [5.41, 5.74) is 5.96. The van der Waals surface area contributed by atoms with Gasteiger partial charge in [-0.2, -0.15) is 0 Å². The van der Waals surface area contributed by atoms with Crippen molar-refractivity contribution in [1.29, 1.82) is 0 Å². The van der Waals surface area contributed by atoms with Crippen molar-refractivity contribution in [2.45, 2.75) is 198 Å². The van der Waals surface area contributed by atoms with Crippen LogP contribution in [-0.4, -0.2) is 92.0 Å². The Hall–Kier alpha value is -3.48. The lowest BCUT2D eigenvalue weighted by molar-refractivity contribution is 0.160. The van der Waals surface area contributed by atoms with E-state index in [2.05, 4.69) is 129 Å². The first-order valence-electron chi connectivity index (χ1n) is 30.4. The van der Waals surface area contributed by atoms with E-state index in [9.17, 15) is 18.3 Å². The summed E-state index contributed by atoms with van der Waals surface area (Å²) >= 11 is 0. The molecule has 4 aromatic rings. The SMILES string of the molecule is CC(C)(C)CC(C)(C)c1ccc(OCCOP(=O)(O)O)cc1.CC(C)(C)CC(C)(C)c1ccc(OCCOP(=O)(O)O)cc1.CC(C)(C)CC(C)(C)c1ccc(OCCOP(=O)(O)O)cc1.CCCCCCCCCc1ccc(OCCOP(=O)(O)O)cc1. The van der Waals surface area contributed by atoms with Gasteiger partial charge in [-0.3, -0.25) is 18.1 Å². The maximum atomic E-state index is 10.5. The van der Waals surface area contributed by atoms with Crippen molar-refractivity contribution in [1.82, 2.24) is 0 Å². The molecule has 0 saturated heterocycles. The summed E-state index contributed by atoms with van der Waals surface area (Å²) in [6, 6.07) is 31.3. The summed E-state index contributed by atoms with van der Waals surface area (Å²) in [4.78, 5) is 68.5. The number of hydrogen-bond donors (Lipinski definition) is 8. The second-order valence-corrected chi connectivity index (χ2v) is 32.6. The Kier molecular flexibility index (Phi) is 36.3. The summed E-state index contributed by atoms with van der Waals surface area (Å²) < 4.78 is 81.0. The lowest BCUT2D eigenvalue weighted by Crippen LogP contribution is -2.24. The van der Waals surface area contributed by atoms with E-state index < -0.39 is 31.3 Å². The van der Waals surface area contributed by atoms with Gasteiger partial charge in [-0.15, -0.1) is 0 Å². The van der Waals surface area contributed by atoms with Gasteiger partial charge >= 0.3 is 31.3 Å². The molecule has 0 saturated carbocycles. The van der Waals surface area contributed by atoms with Crippen LogP contribution in [0.25, 0.3) is 0 Å². The average Bonchev–Trinajstić information content (AvgIpc) is 1.05. The van der Waals surface area contributed by atoms with Crippen LogP contribution in [0.3, 0.4) is 0 Å². The normalized spacial score (nSPS) is 12.8. The molecule has 510 valence electrons. The molecule has 0 radical (unpaired) electrons. The molecule has 89 heavy (non-hydrogen) atoms. The van der Waals surface area contributed by atoms with Crippen molar-refractivity contribution in [2.75, 3.05) is 52.9 Å². The Labute approximate surface area is 532 Å². The van der Waals surface area contributed by atoms with Crippen LogP contribution in [0.4, 0.5) is 0 Å². The Bertz CT molecular complexity index is 2510. The summed E-state index contributed by atoms with van der Waals surface area (Å²) in [7, 11) is -17.7. The topological polar surface area (TPSA) is 304 Å². The predicted octanol–water partition coefficient (Wildman–Crippen LogP) is 16.1. The minimum atomic E-state index is -4.42. The van der Waals surface area contributed by atoms with Crippen molar-refractivity contribution in [3.8, 4) is 23.0 Å². The van der Waals surface area contributed by atoms with Crippen LogP contribution in [0.15, 0.2) is 97.1 Å². The smallest absolute Gasteiger partial charge is 0.469 e. The lowest BCUT2D eigenvalue weighted by Gasteiger charge is -2.33. The summed E-state index contributed by atoms with van der Waals surface area (Å²) in [5, 5.41) is 0. The van der Waals surface area contributed by atoms with Crippen molar-refractivity contribution < 1.29 is 94.4 Å². The van der Waals surface area contributed by atoms with Gasteiger partial charge in [-0.25, -0.2) is 18.3 Å². The van der Waals surface area contributed by atoms with Gasteiger partial charge in [0.1, 0.15) is 49.4 Å². The zero-order valence-electron chi connectivity index (χ0n) is 55.9. The first kappa shape index (κ1) is 83.5. The molecule has 0 unspecified atom stereocenters. The average molecular weight is 1340 g/mol. The van der Waals surface area contributed by atoms with E-state index in [0.29, 0.717) is 23.0 Å². The van der Waals surface area contributed by atoms with Crippen molar-refractivity contribution in [3.63, 3.8) is 0 Å². The third-order valence-corrected chi connectivity index (χ3v) is 15.3. The summed E-state index contributed by atoms with van der Waals surface area (Å²) in [6.07, 6.45) is 13.4. The van der Waals surface area contributed by atoms with E-state index in [1.165, 1.54) is 67.2 Å². The van der Waals surface area contributed by atoms with Crippen LogP contribution in [0.1, 0.15) is 197 Å². The molecular weight excluding hydrogens is 1220 g/mol. The molecule has 0 aliphatic rings. The minimum Gasteiger partial charge on any atom is -0.491 e. The fraction of sp³-hybridized carbons (Fsp3) is 0.631. The molecular formula is C65H110O20P4. The maximum absolute atomic E-state index is 10.5. The number of unbranched alkanes of at least 4 members (excludes halogenated alkanes) is 6. The van der Waals surface area contributed by atoms with Gasteiger partial charge in [0.2, 0.25) is 0 Å². The van der Waals surface area contributed by atoms with Crippen molar-refractivity contribution >= 4 is 31.3 Å². The molecule has 0 aliphatic heterocycles. The molecule has 0 fully saturated rings. The van der Waals surface area contributed by atoms with Crippen molar-refractivity contribution in [3.05, 3.63) is 119 Å². The number of benzene rings is 4. The number of ether oxygens (including phenoxy) is 4. The highest BCUT2D eigenvalue weighted by atomic mass is 31.2. The summed E-state index contributed by atoms with van der Waals surface area (Å²) in [5.74, 6) is 2.65. The van der Waals surface area contributed by atoms with E-state index in [4.69, 9.17) is 58.1 Å². The minimum absolute atomic E-state index is 0.0698. The number of hydrogen-bond acceptors (Lipinski definition) is 12. The van der Waals surface area contributed by atoms with Gasteiger partial charge in [0.15, 0.2) is 0 Å². The van der Waals surface area contributed by atoms with Gasteiger partial charge in [0, 0.05) is 0 Å². The van der Waals surface area contributed by atoms with Gasteiger partial charge in [-0.1, -0.05) is 198 Å².